The molecule has 0 spiro atoms. The van der Waals surface area contributed by atoms with Gasteiger partial charge in [-0.05, 0) is 31.5 Å². The van der Waals surface area contributed by atoms with Crippen molar-refractivity contribution in [3.8, 4) is 0 Å². The summed E-state index contributed by atoms with van der Waals surface area (Å²) in [7, 11) is 0. The number of aromatic nitrogens is 3. The van der Waals surface area contributed by atoms with E-state index in [1.54, 1.807) is 4.52 Å². The van der Waals surface area contributed by atoms with Gasteiger partial charge in [0.05, 0.1) is 0 Å². The average molecular weight is 146 g/mol. The van der Waals surface area contributed by atoms with Crippen LogP contribution in [0.3, 0.4) is 0 Å². The Bertz CT molecular complexity index is 389. The van der Waals surface area contributed by atoms with Crippen molar-refractivity contribution in [1.29, 1.82) is 0 Å². The molecule has 2 aromatic rings. The number of hydrogen-bond donors (Lipinski definition) is 0. The molecule has 11 heavy (non-hydrogen) atoms. The van der Waals surface area contributed by atoms with Crippen LogP contribution < -0.4 is 0 Å². The second kappa shape index (κ2) is 2.05. The van der Waals surface area contributed by atoms with Gasteiger partial charge in [0.15, 0.2) is 5.65 Å². The quantitative estimate of drug-likeness (QED) is 0.558. The zero-order valence-corrected chi connectivity index (χ0v) is 6.50. The summed E-state index contributed by atoms with van der Waals surface area (Å²) < 4.78 is 1.77. The molecular formula is C8H8N3. The predicted octanol–water partition coefficient (Wildman–Crippen LogP) is 1.15. The molecule has 0 aliphatic rings. The number of pyridine rings is 1. The van der Waals surface area contributed by atoms with Crippen LogP contribution in [0, 0.1) is 20.2 Å². The summed E-state index contributed by atoms with van der Waals surface area (Å²) in [6.45, 7) is 4.05. The highest BCUT2D eigenvalue weighted by Gasteiger charge is 1.98. The minimum atomic E-state index is 0.863. The first-order chi connectivity index (χ1) is 5.27. The van der Waals surface area contributed by atoms with Gasteiger partial charge >= 0.3 is 0 Å². The molecular weight excluding hydrogens is 138 g/mol. The zero-order valence-electron chi connectivity index (χ0n) is 6.50. The van der Waals surface area contributed by atoms with Crippen LogP contribution in [0.5, 0.6) is 0 Å². The number of aryl methyl sites for hydroxylation is 2. The van der Waals surface area contributed by atoms with Crippen LogP contribution in [0.2, 0.25) is 0 Å². The lowest BCUT2D eigenvalue weighted by Gasteiger charge is -1.98. The summed E-state index contributed by atoms with van der Waals surface area (Å²) in [4.78, 5) is 3.97. The molecule has 2 rings (SSSR count). The van der Waals surface area contributed by atoms with E-state index in [9.17, 15) is 0 Å². The van der Waals surface area contributed by atoms with Gasteiger partial charge in [0.25, 0.3) is 0 Å². The van der Waals surface area contributed by atoms with Gasteiger partial charge in [0, 0.05) is 5.69 Å². The monoisotopic (exact) mass is 146 g/mol. The molecule has 0 unspecified atom stereocenters. The van der Waals surface area contributed by atoms with E-state index in [4.69, 9.17) is 0 Å². The first-order valence-electron chi connectivity index (χ1n) is 3.47. The average Bonchev–Trinajstić information content (AvgIpc) is 2.34. The maximum absolute atomic E-state index is 3.97. The summed E-state index contributed by atoms with van der Waals surface area (Å²) >= 11 is 0. The minimum Gasteiger partial charge on any atom is -0.218 e. The van der Waals surface area contributed by atoms with Gasteiger partial charge in [-0.25, -0.2) is 9.50 Å². The van der Waals surface area contributed by atoms with E-state index in [-0.39, 0.29) is 0 Å². The third-order valence-electron chi connectivity index (χ3n) is 1.65. The lowest BCUT2D eigenvalue weighted by Crippen LogP contribution is -1.93. The van der Waals surface area contributed by atoms with E-state index in [0.717, 1.165) is 11.3 Å². The molecule has 0 atom stereocenters. The van der Waals surface area contributed by atoms with Crippen LogP contribution in [0.1, 0.15) is 11.3 Å². The Labute approximate surface area is 64.7 Å². The van der Waals surface area contributed by atoms with Crippen molar-refractivity contribution in [2.75, 3.05) is 0 Å². The molecule has 0 aliphatic heterocycles. The van der Waals surface area contributed by atoms with Crippen LogP contribution >= 0.6 is 0 Å². The maximum Gasteiger partial charge on any atom is 0.221 e. The Morgan fingerprint density at radius 3 is 3.00 bits per heavy atom. The number of rotatable bonds is 0. The van der Waals surface area contributed by atoms with Gasteiger partial charge in [-0.3, -0.25) is 0 Å². The standard InChI is InChI=1S/C8H8N3/c1-6-3-7(2)11-8(4-6)9-5-10-11/h3-4H,1-2H3. The molecule has 0 fully saturated rings. The molecule has 0 aliphatic carbocycles. The molecule has 0 saturated heterocycles. The van der Waals surface area contributed by atoms with Crippen molar-refractivity contribution in [2.24, 2.45) is 0 Å². The Kier molecular flexibility index (Phi) is 1.18. The van der Waals surface area contributed by atoms with Crippen molar-refractivity contribution in [3.05, 3.63) is 29.7 Å². The van der Waals surface area contributed by atoms with Crippen molar-refractivity contribution < 1.29 is 0 Å². The topological polar surface area (TPSA) is 30.2 Å². The van der Waals surface area contributed by atoms with E-state index in [1.165, 1.54) is 5.56 Å². The number of fused-ring (bicyclic) bond motifs is 1. The molecule has 0 N–H and O–H groups in total. The highest BCUT2D eigenvalue weighted by Crippen LogP contribution is 2.06. The molecule has 55 valence electrons. The summed E-state index contributed by atoms with van der Waals surface area (Å²) in [6.07, 6.45) is 2.57. The van der Waals surface area contributed by atoms with Crippen molar-refractivity contribution in [3.63, 3.8) is 0 Å². The van der Waals surface area contributed by atoms with Crippen molar-refractivity contribution >= 4 is 5.65 Å². The highest BCUT2D eigenvalue weighted by atomic mass is 15.3. The van der Waals surface area contributed by atoms with Crippen molar-refractivity contribution in [2.45, 2.75) is 13.8 Å². The normalized spacial score (nSPS) is 10.7. The van der Waals surface area contributed by atoms with Crippen LogP contribution in [0.15, 0.2) is 12.1 Å². The first kappa shape index (κ1) is 6.34. The smallest absolute Gasteiger partial charge is 0.218 e. The Morgan fingerprint density at radius 2 is 2.18 bits per heavy atom. The maximum atomic E-state index is 3.97. The van der Waals surface area contributed by atoms with E-state index < -0.39 is 0 Å². The lowest BCUT2D eigenvalue weighted by molar-refractivity contribution is 0.907. The van der Waals surface area contributed by atoms with Crippen LogP contribution in [0.25, 0.3) is 5.65 Å². The Balaban J connectivity index is 2.91. The zero-order chi connectivity index (χ0) is 7.84. The Morgan fingerprint density at radius 1 is 1.36 bits per heavy atom. The number of nitrogens with zero attached hydrogens (tertiary/aromatic N) is 3. The largest absolute Gasteiger partial charge is 0.221 e. The third kappa shape index (κ3) is 0.888. The summed E-state index contributed by atoms with van der Waals surface area (Å²) in [5.41, 5.74) is 3.16. The van der Waals surface area contributed by atoms with Gasteiger partial charge in [0.2, 0.25) is 6.33 Å². The van der Waals surface area contributed by atoms with Crippen molar-refractivity contribution in [1.82, 2.24) is 14.6 Å². The summed E-state index contributed by atoms with van der Waals surface area (Å²) in [6, 6.07) is 4.05. The van der Waals surface area contributed by atoms with Crippen LogP contribution in [-0.2, 0) is 0 Å². The molecule has 3 nitrogen and oxygen atoms in total. The molecule has 0 aromatic carbocycles. The molecule has 0 saturated carbocycles. The van der Waals surface area contributed by atoms with E-state index in [0.29, 0.717) is 0 Å². The minimum absolute atomic E-state index is 0.863. The van der Waals surface area contributed by atoms with Crippen LogP contribution in [-0.4, -0.2) is 14.6 Å². The molecule has 1 radical (unpaired) electrons. The van der Waals surface area contributed by atoms with E-state index in [2.05, 4.69) is 22.5 Å². The molecule has 0 amide bonds. The highest BCUT2D eigenvalue weighted by molar-refractivity contribution is 5.40. The fourth-order valence-electron chi connectivity index (χ4n) is 1.21. The van der Waals surface area contributed by atoms with Gasteiger partial charge in [0.1, 0.15) is 0 Å². The fourth-order valence-corrected chi connectivity index (χ4v) is 1.21. The third-order valence-corrected chi connectivity index (χ3v) is 1.65. The lowest BCUT2D eigenvalue weighted by atomic mass is 10.2. The molecule has 0 bridgehead atoms. The van der Waals surface area contributed by atoms with E-state index >= 15 is 0 Å². The first-order valence-corrected chi connectivity index (χ1v) is 3.47. The molecule has 2 aromatic heterocycles. The second-order valence-corrected chi connectivity index (χ2v) is 2.66. The SMILES string of the molecule is Cc1cc(C)n2n[c]nc2c1. The van der Waals surface area contributed by atoms with Gasteiger partial charge < -0.3 is 0 Å². The second-order valence-electron chi connectivity index (χ2n) is 2.66. The summed E-state index contributed by atoms with van der Waals surface area (Å²) in [5, 5.41) is 3.94. The molecule has 2 heterocycles. The van der Waals surface area contributed by atoms with Gasteiger partial charge in [-0.15, -0.1) is 5.10 Å². The van der Waals surface area contributed by atoms with Crippen LogP contribution in [0.4, 0.5) is 0 Å². The molecule has 3 heteroatoms. The predicted molar refractivity (Wildman–Crippen MR) is 41.3 cm³/mol. The Hall–Kier alpha value is -1.38. The summed E-state index contributed by atoms with van der Waals surface area (Å²) in [5.74, 6) is 0. The van der Waals surface area contributed by atoms with E-state index in [1.807, 2.05) is 19.9 Å². The fraction of sp³-hybridized carbons (Fsp3) is 0.250. The van der Waals surface area contributed by atoms with Gasteiger partial charge in [-0.2, -0.15) is 0 Å². The number of hydrogen-bond acceptors (Lipinski definition) is 2. The van der Waals surface area contributed by atoms with Gasteiger partial charge in [-0.1, -0.05) is 0 Å².